The third-order valence-corrected chi connectivity index (χ3v) is 5.13. The van der Waals surface area contributed by atoms with Gasteiger partial charge < -0.3 is 15.4 Å². The minimum Gasteiger partial charge on any atom is -0.489 e. The Labute approximate surface area is 170 Å². The number of guanidine groups is 1. The van der Waals surface area contributed by atoms with Crippen LogP contribution in [-0.2, 0) is 19.6 Å². The van der Waals surface area contributed by atoms with E-state index in [1.54, 1.807) is 18.4 Å². The largest absolute Gasteiger partial charge is 0.489 e. The Balaban J connectivity index is 1.40. The second kappa shape index (κ2) is 10.5. The van der Waals surface area contributed by atoms with Crippen LogP contribution in [0.2, 0.25) is 0 Å². The second-order valence-electron chi connectivity index (χ2n) is 6.39. The molecule has 6 heteroatoms. The molecule has 0 unspecified atom stereocenters. The number of nitrogens with one attached hydrogen (secondary N) is 2. The van der Waals surface area contributed by atoms with Gasteiger partial charge in [-0.1, -0.05) is 42.5 Å². The molecule has 0 radical (unpaired) electrons. The van der Waals surface area contributed by atoms with Crippen molar-refractivity contribution in [1.82, 2.24) is 15.6 Å². The molecule has 0 atom stereocenters. The van der Waals surface area contributed by atoms with Gasteiger partial charge >= 0.3 is 0 Å². The number of aliphatic imine (C=N–C) groups is 1. The Hall–Kier alpha value is -2.86. The number of hydrogen-bond acceptors (Lipinski definition) is 4. The predicted molar refractivity (Wildman–Crippen MR) is 116 cm³/mol. The maximum atomic E-state index is 5.83. The fraction of sp³-hybridized carbons (Fsp3) is 0.273. The molecular formula is C22H26N4OS. The lowest BCUT2D eigenvalue weighted by Gasteiger charge is -2.12. The Morgan fingerprint density at radius 1 is 1.04 bits per heavy atom. The van der Waals surface area contributed by atoms with Crippen LogP contribution in [0, 0.1) is 6.92 Å². The van der Waals surface area contributed by atoms with Crippen LogP contribution in [0.1, 0.15) is 21.0 Å². The predicted octanol–water partition coefficient (Wildman–Crippen LogP) is 3.94. The first-order valence-corrected chi connectivity index (χ1v) is 10.2. The first-order valence-electron chi connectivity index (χ1n) is 9.34. The molecular weight excluding hydrogens is 368 g/mol. The van der Waals surface area contributed by atoms with Crippen LogP contribution in [0.25, 0.3) is 0 Å². The van der Waals surface area contributed by atoms with Crippen molar-refractivity contribution in [2.75, 3.05) is 13.6 Å². The summed E-state index contributed by atoms with van der Waals surface area (Å²) in [5.41, 5.74) is 2.33. The van der Waals surface area contributed by atoms with E-state index in [-0.39, 0.29) is 0 Å². The van der Waals surface area contributed by atoms with Gasteiger partial charge in [0.1, 0.15) is 12.4 Å². The minimum absolute atomic E-state index is 0.577. The SMILES string of the molecule is CN=C(NCCc1ncc(C)s1)NCc1ccc(OCc2ccccc2)cc1. The number of hydrogen-bond donors (Lipinski definition) is 2. The van der Waals surface area contributed by atoms with E-state index < -0.39 is 0 Å². The molecule has 28 heavy (non-hydrogen) atoms. The maximum absolute atomic E-state index is 5.83. The van der Waals surface area contributed by atoms with E-state index in [1.807, 2.05) is 36.5 Å². The zero-order chi connectivity index (χ0) is 19.6. The maximum Gasteiger partial charge on any atom is 0.191 e. The summed E-state index contributed by atoms with van der Waals surface area (Å²) in [4.78, 5) is 9.90. The molecule has 0 saturated carbocycles. The van der Waals surface area contributed by atoms with Crippen LogP contribution >= 0.6 is 11.3 Å². The lowest BCUT2D eigenvalue weighted by Crippen LogP contribution is -2.37. The van der Waals surface area contributed by atoms with Gasteiger partial charge in [0.25, 0.3) is 0 Å². The average Bonchev–Trinajstić information content (AvgIpc) is 3.15. The topological polar surface area (TPSA) is 58.5 Å². The Kier molecular flexibility index (Phi) is 7.44. The zero-order valence-electron chi connectivity index (χ0n) is 16.3. The van der Waals surface area contributed by atoms with Crippen LogP contribution in [0.4, 0.5) is 0 Å². The van der Waals surface area contributed by atoms with E-state index in [2.05, 4.69) is 51.8 Å². The second-order valence-corrected chi connectivity index (χ2v) is 7.70. The van der Waals surface area contributed by atoms with Crippen molar-refractivity contribution < 1.29 is 4.74 Å². The lowest BCUT2D eigenvalue weighted by molar-refractivity contribution is 0.306. The number of nitrogens with zero attached hydrogens (tertiary/aromatic N) is 2. The Bertz CT molecular complexity index is 875. The van der Waals surface area contributed by atoms with Crippen molar-refractivity contribution in [2.24, 2.45) is 4.99 Å². The molecule has 0 aliphatic rings. The average molecular weight is 395 g/mol. The first-order chi connectivity index (χ1) is 13.7. The van der Waals surface area contributed by atoms with Crippen LogP contribution in [0.3, 0.4) is 0 Å². The highest BCUT2D eigenvalue weighted by Gasteiger charge is 2.02. The van der Waals surface area contributed by atoms with Crippen molar-refractivity contribution in [2.45, 2.75) is 26.5 Å². The molecule has 0 bridgehead atoms. The summed E-state index contributed by atoms with van der Waals surface area (Å²) in [7, 11) is 1.78. The Morgan fingerprint density at radius 3 is 2.50 bits per heavy atom. The number of ether oxygens (including phenoxy) is 1. The van der Waals surface area contributed by atoms with Gasteiger partial charge in [-0.25, -0.2) is 4.98 Å². The normalized spacial score (nSPS) is 11.3. The molecule has 0 fully saturated rings. The molecule has 2 N–H and O–H groups in total. The fourth-order valence-electron chi connectivity index (χ4n) is 2.66. The van der Waals surface area contributed by atoms with E-state index >= 15 is 0 Å². The number of thiazole rings is 1. The van der Waals surface area contributed by atoms with E-state index in [0.717, 1.165) is 35.2 Å². The standard InChI is InChI=1S/C22H26N4OS/c1-17-14-25-21(28-17)12-13-24-22(23-2)26-15-18-8-10-20(11-9-18)27-16-19-6-4-3-5-7-19/h3-11,14H,12-13,15-16H2,1-2H3,(H2,23,24,26). The van der Waals surface area contributed by atoms with Crippen LogP contribution in [-0.4, -0.2) is 24.5 Å². The summed E-state index contributed by atoms with van der Waals surface area (Å²) in [5.74, 6) is 1.66. The number of rotatable bonds is 8. The highest BCUT2D eigenvalue weighted by Crippen LogP contribution is 2.14. The third-order valence-electron chi connectivity index (χ3n) is 4.16. The van der Waals surface area contributed by atoms with E-state index in [4.69, 9.17) is 4.74 Å². The molecule has 0 amide bonds. The molecule has 5 nitrogen and oxygen atoms in total. The zero-order valence-corrected chi connectivity index (χ0v) is 17.1. The number of benzene rings is 2. The van der Waals surface area contributed by atoms with Gasteiger partial charge in [0.15, 0.2) is 5.96 Å². The van der Waals surface area contributed by atoms with E-state index in [0.29, 0.717) is 13.2 Å². The number of aryl methyl sites for hydroxylation is 1. The minimum atomic E-state index is 0.577. The first kappa shape index (κ1) is 19.9. The smallest absolute Gasteiger partial charge is 0.191 e. The molecule has 1 heterocycles. The van der Waals surface area contributed by atoms with Gasteiger partial charge in [-0.05, 0) is 30.2 Å². The monoisotopic (exact) mass is 394 g/mol. The molecule has 3 aromatic rings. The molecule has 1 aromatic heterocycles. The van der Waals surface area contributed by atoms with Crippen LogP contribution in [0.5, 0.6) is 5.75 Å². The molecule has 0 spiro atoms. The van der Waals surface area contributed by atoms with Gasteiger partial charge in [-0.2, -0.15) is 0 Å². The molecule has 146 valence electrons. The molecule has 0 aliphatic carbocycles. The molecule has 3 rings (SSSR count). The van der Waals surface area contributed by atoms with Gasteiger partial charge in [-0.15, -0.1) is 11.3 Å². The highest BCUT2D eigenvalue weighted by molar-refractivity contribution is 7.11. The van der Waals surface area contributed by atoms with Gasteiger partial charge in [0, 0.05) is 37.6 Å². The van der Waals surface area contributed by atoms with Gasteiger partial charge in [0.05, 0.1) is 5.01 Å². The van der Waals surface area contributed by atoms with Crippen LogP contribution < -0.4 is 15.4 Å². The van der Waals surface area contributed by atoms with Crippen molar-refractivity contribution in [3.8, 4) is 5.75 Å². The van der Waals surface area contributed by atoms with E-state index in [1.165, 1.54) is 10.4 Å². The number of aromatic nitrogens is 1. The van der Waals surface area contributed by atoms with Crippen molar-refractivity contribution in [3.05, 3.63) is 81.8 Å². The van der Waals surface area contributed by atoms with Crippen molar-refractivity contribution in [3.63, 3.8) is 0 Å². The molecule has 2 aromatic carbocycles. The third kappa shape index (κ3) is 6.39. The lowest BCUT2D eigenvalue weighted by atomic mass is 10.2. The fourth-order valence-corrected chi connectivity index (χ4v) is 3.44. The molecule has 0 aliphatic heterocycles. The summed E-state index contributed by atoms with van der Waals surface area (Å²) in [6, 6.07) is 18.3. The van der Waals surface area contributed by atoms with Gasteiger partial charge in [0.2, 0.25) is 0 Å². The summed E-state index contributed by atoms with van der Waals surface area (Å²) in [6.07, 6.45) is 2.81. The van der Waals surface area contributed by atoms with Gasteiger partial charge in [-0.3, -0.25) is 4.99 Å². The van der Waals surface area contributed by atoms with Crippen molar-refractivity contribution >= 4 is 17.3 Å². The summed E-state index contributed by atoms with van der Waals surface area (Å²) >= 11 is 1.74. The quantitative estimate of drug-likeness (QED) is 0.449. The highest BCUT2D eigenvalue weighted by atomic mass is 32.1. The van der Waals surface area contributed by atoms with Crippen LogP contribution in [0.15, 0.2) is 65.8 Å². The van der Waals surface area contributed by atoms with Crippen molar-refractivity contribution in [1.29, 1.82) is 0 Å². The summed E-state index contributed by atoms with van der Waals surface area (Å²) in [5, 5.41) is 7.81. The summed E-state index contributed by atoms with van der Waals surface area (Å²) < 4.78 is 5.83. The molecule has 0 saturated heterocycles. The Morgan fingerprint density at radius 2 is 1.82 bits per heavy atom. The van der Waals surface area contributed by atoms with E-state index in [9.17, 15) is 0 Å². The summed E-state index contributed by atoms with van der Waals surface area (Å²) in [6.45, 7) is 4.16.